The molecular formula is C14H15N3O3. The summed E-state index contributed by atoms with van der Waals surface area (Å²) < 4.78 is 1.53. The maximum absolute atomic E-state index is 11.1. The molecule has 0 spiro atoms. The topological polar surface area (TPSA) is 97.4 Å². The van der Waals surface area contributed by atoms with Gasteiger partial charge in [0.25, 0.3) is 0 Å². The smallest absolute Gasteiger partial charge is 0.331 e. The number of amides is 2. The molecule has 20 heavy (non-hydrogen) atoms. The van der Waals surface area contributed by atoms with Crippen molar-refractivity contribution in [2.75, 3.05) is 5.43 Å². The van der Waals surface area contributed by atoms with Gasteiger partial charge in [0, 0.05) is 17.7 Å². The van der Waals surface area contributed by atoms with Gasteiger partial charge in [-0.2, -0.15) is 0 Å². The number of benzene rings is 1. The molecule has 6 heteroatoms. The van der Waals surface area contributed by atoms with Crippen LogP contribution in [0.2, 0.25) is 0 Å². The molecule has 4 N–H and O–H groups in total. The highest BCUT2D eigenvalue weighted by Crippen LogP contribution is 2.22. The third-order valence-electron chi connectivity index (χ3n) is 2.85. The Hall–Kier alpha value is -2.76. The van der Waals surface area contributed by atoms with Gasteiger partial charge in [-0.3, -0.25) is 9.47 Å². The van der Waals surface area contributed by atoms with Crippen LogP contribution in [0.5, 0.6) is 0 Å². The molecule has 1 aromatic heterocycles. The van der Waals surface area contributed by atoms with E-state index in [0.29, 0.717) is 12.1 Å². The van der Waals surface area contributed by atoms with Crippen LogP contribution >= 0.6 is 0 Å². The van der Waals surface area contributed by atoms with E-state index in [9.17, 15) is 9.59 Å². The molecule has 1 heterocycles. The Bertz CT molecular complexity index is 620. The Kier molecular flexibility index (Phi) is 4.05. The lowest BCUT2D eigenvalue weighted by Gasteiger charge is -2.13. The van der Waals surface area contributed by atoms with E-state index in [1.165, 1.54) is 4.68 Å². The number of carboxylic acids is 1. The monoisotopic (exact) mass is 273 g/mol. The van der Waals surface area contributed by atoms with E-state index >= 15 is 0 Å². The van der Waals surface area contributed by atoms with E-state index in [-0.39, 0.29) is 6.42 Å². The highest BCUT2D eigenvalue weighted by Gasteiger charge is 2.12. The van der Waals surface area contributed by atoms with Gasteiger partial charge in [-0.05, 0) is 12.1 Å². The van der Waals surface area contributed by atoms with Gasteiger partial charge in [0.15, 0.2) is 0 Å². The highest BCUT2D eigenvalue weighted by atomic mass is 16.4. The van der Waals surface area contributed by atoms with Crippen LogP contribution < -0.4 is 11.2 Å². The second-order valence-corrected chi connectivity index (χ2v) is 4.28. The lowest BCUT2D eigenvalue weighted by atomic mass is 10.2. The molecule has 1 aromatic carbocycles. The highest BCUT2D eigenvalue weighted by molar-refractivity contribution is 5.81. The van der Waals surface area contributed by atoms with Crippen molar-refractivity contribution in [1.82, 2.24) is 4.68 Å². The van der Waals surface area contributed by atoms with E-state index in [4.69, 9.17) is 10.8 Å². The van der Waals surface area contributed by atoms with E-state index in [1.54, 1.807) is 6.07 Å². The molecule has 0 aliphatic rings. The Balaban J connectivity index is 2.37. The first-order valence-electron chi connectivity index (χ1n) is 6.12. The van der Waals surface area contributed by atoms with Crippen molar-refractivity contribution in [2.45, 2.75) is 12.8 Å². The molecule has 0 fully saturated rings. The molecule has 0 bridgehead atoms. The summed E-state index contributed by atoms with van der Waals surface area (Å²) in [5.74, 6) is -0.891. The Labute approximate surface area is 115 Å². The van der Waals surface area contributed by atoms with Crippen LogP contribution in [0.25, 0.3) is 11.3 Å². The molecule has 0 aliphatic carbocycles. The van der Waals surface area contributed by atoms with Crippen LogP contribution in [0, 0.1) is 0 Å². The van der Waals surface area contributed by atoms with Crippen LogP contribution in [-0.2, 0) is 11.2 Å². The first-order chi connectivity index (χ1) is 9.58. The number of carboxylic acid groups (broad SMARTS) is 1. The van der Waals surface area contributed by atoms with Gasteiger partial charge in [0.2, 0.25) is 0 Å². The number of aryl methyl sites for hydroxylation is 1. The molecule has 0 unspecified atom stereocenters. The van der Waals surface area contributed by atoms with E-state index < -0.39 is 12.0 Å². The summed E-state index contributed by atoms with van der Waals surface area (Å²) in [5.41, 5.74) is 10.0. The van der Waals surface area contributed by atoms with Crippen molar-refractivity contribution in [3.63, 3.8) is 0 Å². The van der Waals surface area contributed by atoms with Gasteiger partial charge in [-0.1, -0.05) is 30.3 Å². The van der Waals surface area contributed by atoms with Gasteiger partial charge in [0.05, 0.1) is 12.1 Å². The van der Waals surface area contributed by atoms with Crippen LogP contribution in [-0.4, -0.2) is 21.8 Å². The number of aromatic nitrogens is 1. The molecule has 0 saturated carbocycles. The number of carbonyl (C=O) groups is 2. The lowest BCUT2D eigenvalue weighted by molar-refractivity contribution is -0.136. The van der Waals surface area contributed by atoms with Gasteiger partial charge in [0.1, 0.15) is 0 Å². The average Bonchev–Trinajstić information content (AvgIpc) is 2.79. The van der Waals surface area contributed by atoms with E-state index in [1.807, 2.05) is 36.4 Å². The van der Waals surface area contributed by atoms with Crippen LogP contribution in [0.15, 0.2) is 42.5 Å². The van der Waals surface area contributed by atoms with Crippen LogP contribution in [0.1, 0.15) is 12.1 Å². The number of carbonyl (C=O) groups excluding carboxylic acids is 1. The number of aliphatic carboxylic acids is 1. The van der Waals surface area contributed by atoms with Crippen molar-refractivity contribution >= 4 is 12.0 Å². The Morgan fingerprint density at radius 2 is 1.85 bits per heavy atom. The van der Waals surface area contributed by atoms with Crippen molar-refractivity contribution < 1.29 is 14.7 Å². The number of primary amides is 1. The Morgan fingerprint density at radius 3 is 2.45 bits per heavy atom. The van der Waals surface area contributed by atoms with Gasteiger partial charge < -0.3 is 10.8 Å². The van der Waals surface area contributed by atoms with Crippen molar-refractivity contribution in [3.05, 3.63) is 48.2 Å². The minimum atomic E-state index is -0.891. The number of urea groups is 1. The second-order valence-electron chi connectivity index (χ2n) is 4.28. The zero-order valence-electron chi connectivity index (χ0n) is 10.7. The zero-order valence-corrected chi connectivity index (χ0v) is 10.7. The number of nitrogens with zero attached hydrogens (tertiary/aromatic N) is 1. The lowest BCUT2D eigenvalue weighted by Crippen LogP contribution is -2.30. The van der Waals surface area contributed by atoms with Crippen molar-refractivity contribution in [3.8, 4) is 11.3 Å². The standard InChI is InChI=1S/C14H15N3O3/c15-14(20)16-17-11(7-9-13(18)19)6-8-12(17)10-4-2-1-3-5-10/h1-6,8H,7,9H2,(H,18,19)(H3,15,16,20). The summed E-state index contributed by atoms with van der Waals surface area (Å²) in [5, 5.41) is 8.75. The number of hydrogen-bond donors (Lipinski definition) is 3. The molecule has 2 rings (SSSR count). The number of hydrogen-bond acceptors (Lipinski definition) is 2. The molecule has 0 saturated heterocycles. The average molecular weight is 273 g/mol. The summed E-state index contributed by atoms with van der Waals surface area (Å²) in [6.07, 6.45) is 0.293. The normalized spacial score (nSPS) is 10.2. The number of rotatable bonds is 5. The summed E-state index contributed by atoms with van der Waals surface area (Å²) in [6.45, 7) is 0. The number of nitrogens with two attached hydrogens (primary N) is 1. The fraction of sp³-hybridized carbons (Fsp3) is 0.143. The maximum atomic E-state index is 11.1. The molecule has 2 amide bonds. The summed E-state index contributed by atoms with van der Waals surface area (Å²) in [7, 11) is 0. The molecule has 6 nitrogen and oxygen atoms in total. The van der Waals surface area contributed by atoms with Crippen molar-refractivity contribution in [1.29, 1.82) is 0 Å². The molecule has 0 atom stereocenters. The third kappa shape index (κ3) is 3.17. The minimum absolute atomic E-state index is 0.0152. The summed E-state index contributed by atoms with van der Waals surface area (Å²) in [4.78, 5) is 21.8. The third-order valence-corrected chi connectivity index (χ3v) is 2.85. The SMILES string of the molecule is NC(=O)Nn1c(CCC(=O)O)ccc1-c1ccccc1. The molecule has 2 aromatic rings. The van der Waals surface area contributed by atoms with Gasteiger partial charge in [-0.15, -0.1) is 0 Å². The fourth-order valence-corrected chi connectivity index (χ4v) is 1.99. The molecule has 0 aliphatic heterocycles. The van der Waals surface area contributed by atoms with Crippen molar-refractivity contribution in [2.24, 2.45) is 5.73 Å². The van der Waals surface area contributed by atoms with Gasteiger partial charge >= 0.3 is 12.0 Å². The first kappa shape index (κ1) is 13.7. The molecule has 0 radical (unpaired) electrons. The second kappa shape index (κ2) is 5.92. The largest absolute Gasteiger partial charge is 0.481 e. The van der Waals surface area contributed by atoms with Crippen LogP contribution in [0.4, 0.5) is 4.79 Å². The molecule has 104 valence electrons. The fourth-order valence-electron chi connectivity index (χ4n) is 1.99. The summed E-state index contributed by atoms with van der Waals surface area (Å²) >= 11 is 0. The maximum Gasteiger partial charge on any atom is 0.331 e. The van der Waals surface area contributed by atoms with Gasteiger partial charge in [-0.25, -0.2) is 10.2 Å². The predicted octanol–water partition coefficient (Wildman–Crippen LogP) is 1.79. The number of nitrogens with one attached hydrogen (secondary N) is 1. The zero-order chi connectivity index (χ0) is 14.5. The Morgan fingerprint density at radius 1 is 1.15 bits per heavy atom. The van der Waals surface area contributed by atoms with Crippen LogP contribution in [0.3, 0.4) is 0 Å². The molecular weight excluding hydrogens is 258 g/mol. The predicted molar refractivity (Wildman–Crippen MR) is 74.8 cm³/mol. The minimum Gasteiger partial charge on any atom is -0.481 e. The quantitative estimate of drug-likeness (QED) is 0.774. The van der Waals surface area contributed by atoms with E-state index in [2.05, 4.69) is 5.43 Å². The summed E-state index contributed by atoms with van der Waals surface area (Å²) in [6, 6.07) is 12.4. The first-order valence-corrected chi connectivity index (χ1v) is 6.12. The van der Waals surface area contributed by atoms with E-state index in [0.717, 1.165) is 11.3 Å².